The van der Waals surface area contributed by atoms with Crippen molar-refractivity contribution in [2.75, 3.05) is 11.9 Å². The molecule has 132 valence electrons. The highest BCUT2D eigenvalue weighted by Gasteiger charge is 2.26. The molecule has 0 radical (unpaired) electrons. The van der Waals surface area contributed by atoms with Gasteiger partial charge in [-0.25, -0.2) is 0 Å². The number of carbonyl (C=O) groups excluding carboxylic acids is 2. The van der Waals surface area contributed by atoms with Crippen LogP contribution >= 0.6 is 0 Å². The Kier molecular flexibility index (Phi) is 3.47. The predicted molar refractivity (Wildman–Crippen MR) is 105 cm³/mol. The minimum atomic E-state index is -0.126. The lowest BCUT2D eigenvalue weighted by Crippen LogP contribution is -2.31. The van der Waals surface area contributed by atoms with Crippen LogP contribution in [-0.4, -0.2) is 23.3 Å². The largest absolute Gasteiger partial charge is 0.361 e. The number of carbonyl (C=O) groups is 2. The fourth-order valence-corrected chi connectivity index (χ4v) is 3.76. The van der Waals surface area contributed by atoms with E-state index in [0.717, 1.165) is 40.1 Å². The molecule has 2 aliphatic heterocycles. The minimum Gasteiger partial charge on any atom is -0.361 e. The van der Waals surface area contributed by atoms with Crippen LogP contribution in [0.25, 0.3) is 22.8 Å². The molecule has 3 N–H and O–H groups in total. The number of nitrogens with one attached hydrogen (secondary N) is 3. The molecule has 0 fully saturated rings. The second kappa shape index (κ2) is 5.99. The van der Waals surface area contributed by atoms with E-state index in [0.29, 0.717) is 17.7 Å². The number of anilines is 1. The first-order chi connectivity index (χ1) is 13.2. The first-order valence-electron chi connectivity index (χ1n) is 8.92. The smallest absolute Gasteiger partial charge is 0.256 e. The first kappa shape index (κ1) is 15.6. The van der Waals surface area contributed by atoms with Gasteiger partial charge >= 0.3 is 0 Å². The van der Waals surface area contributed by atoms with Gasteiger partial charge in [-0.2, -0.15) is 0 Å². The maximum absolute atomic E-state index is 12.6. The third-order valence-corrected chi connectivity index (χ3v) is 5.13. The highest BCUT2D eigenvalue weighted by atomic mass is 16.2. The van der Waals surface area contributed by atoms with Crippen LogP contribution in [-0.2, 0) is 11.2 Å². The van der Waals surface area contributed by atoms with Gasteiger partial charge in [0.1, 0.15) is 0 Å². The van der Waals surface area contributed by atoms with E-state index in [2.05, 4.69) is 15.6 Å². The Hall–Kier alpha value is -3.60. The number of aromatic nitrogens is 1. The van der Waals surface area contributed by atoms with Gasteiger partial charge in [0.15, 0.2) is 0 Å². The number of amides is 2. The molecule has 3 heterocycles. The van der Waals surface area contributed by atoms with Crippen molar-refractivity contribution in [3.8, 4) is 11.1 Å². The molecule has 2 amide bonds. The number of hydrogen-bond acceptors (Lipinski definition) is 2. The third kappa shape index (κ3) is 2.56. The number of benzene rings is 2. The zero-order chi connectivity index (χ0) is 18.4. The lowest BCUT2D eigenvalue weighted by Gasteiger charge is -2.12. The van der Waals surface area contributed by atoms with Crippen LogP contribution in [0.2, 0.25) is 0 Å². The summed E-state index contributed by atoms with van der Waals surface area (Å²) in [6, 6.07) is 16.1. The van der Waals surface area contributed by atoms with Crippen molar-refractivity contribution in [3.05, 3.63) is 77.1 Å². The van der Waals surface area contributed by atoms with E-state index in [1.807, 2.05) is 54.6 Å². The molecule has 0 spiro atoms. The summed E-state index contributed by atoms with van der Waals surface area (Å²) in [7, 11) is 0. The molecule has 2 aromatic carbocycles. The molecular weight excluding hydrogens is 338 g/mol. The molecule has 0 unspecified atom stereocenters. The Bertz CT molecular complexity index is 1110. The fraction of sp³-hybridized carbons (Fsp3) is 0.0909. The molecule has 3 aromatic rings. The third-order valence-electron chi connectivity index (χ3n) is 5.13. The summed E-state index contributed by atoms with van der Waals surface area (Å²) in [6.45, 7) is 0.614. The van der Waals surface area contributed by atoms with Gasteiger partial charge in [0.05, 0.1) is 11.1 Å². The van der Waals surface area contributed by atoms with E-state index in [4.69, 9.17) is 0 Å². The summed E-state index contributed by atoms with van der Waals surface area (Å²) in [5.41, 5.74) is 6.92. The summed E-state index contributed by atoms with van der Waals surface area (Å²) < 4.78 is 0. The minimum absolute atomic E-state index is 0.0686. The van der Waals surface area contributed by atoms with Crippen LogP contribution in [0.5, 0.6) is 0 Å². The van der Waals surface area contributed by atoms with E-state index < -0.39 is 0 Å². The second-order valence-electron chi connectivity index (χ2n) is 6.74. The molecule has 5 rings (SSSR count). The van der Waals surface area contributed by atoms with E-state index in [1.54, 1.807) is 6.20 Å². The Morgan fingerprint density at radius 3 is 2.59 bits per heavy atom. The number of hydrogen-bond donors (Lipinski definition) is 3. The summed E-state index contributed by atoms with van der Waals surface area (Å²) in [4.78, 5) is 27.6. The molecule has 5 nitrogen and oxygen atoms in total. The van der Waals surface area contributed by atoms with E-state index in [9.17, 15) is 9.59 Å². The van der Waals surface area contributed by atoms with Crippen LogP contribution in [0.1, 0.15) is 27.2 Å². The lowest BCUT2D eigenvalue weighted by molar-refractivity contribution is -0.110. The van der Waals surface area contributed by atoms with Crippen LogP contribution in [0, 0.1) is 0 Å². The van der Waals surface area contributed by atoms with E-state index in [-0.39, 0.29) is 11.8 Å². The van der Waals surface area contributed by atoms with Crippen molar-refractivity contribution in [2.45, 2.75) is 6.42 Å². The van der Waals surface area contributed by atoms with Gasteiger partial charge < -0.3 is 15.6 Å². The highest BCUT2D eigenvalue weighted by Crippen LogP contribution is 2.36. The van der Waals surface area contributed by atoms with Crippen LogP contribution in [0.3, 0.4) is 0 Å². The average molecular weight is 355 g/mol. The standard InChI is InChI=1S/C22H17N3O2/c26-21-18-12-24-19(16(18)8-9-23-21)11-17-15-7-6-14(10-20(15)25-22(17)27)13-4-2-1-3-5-13/h1-7,10-12,24H,8-9H2,(H,23,26)(H,25,27)/b17-11-. The molecule has 27 heavy (non-hydrogen) atoms. The van der Waals surface area contributed by atoms with Gasteiger partial charge in [0.25, 0.3) is 11.8 Å². The van der Waals surface area contributed by atoms with Gasteiger partial charge in [-0.05, 0) is 35.3 Å². The van der Waals surface area contributed by atoms with Crippen molar-refractivity contribution in [2.24, 2.45) is 0 Å². The Balaban J connectivity index is 1.56. The average Bonchev–Trinajstić information content (AvgIpc) is 3.24. The maximum Gasteiger partial charge on any atom is 0.256 e. The van der Waals surface area contributed by atoms with Crippen molar-refractivity contribution >= 4 is 29.2 Å². The van der Waals surface area contributed by atoms with Crippen LogP contribution < -0.4 is 10.6 Å². The molecule has 5 heteroatoms. The lowest BCUT2D eigenvalue weighted by atomic mass is 9.98. The molecule has 0 bridgehead atoms. The van der Waals surface area contributed by atoms with E-state index >= 15 is 0 Å². The zero-order valence-electron chi connectivity index (χ0n) is 14.5. The highest BCUT2D eigenvalue weighted by molar-refractivity contribution is 6.35. The zero-order valence-corrected chi connectivity index (χ0v) is 14.5. The van der Waals surface area contributed by atoms with Crippen LogP contribution in [0.4, 0.5) is 5.69 Å². The summed E-state index contributed by atoms with van der Waals surface area (Å²) in [6.07, 6.45) is 4.31. The van der Waals surface area contributed by atoms with Gasteiger partial charge in [0.2, 0.25) is 0 Å². The fourth-order valence-electron chi connectivity index (χ4n) is 3.76. The van der Waals surface area contributed by atoms with Gasteiger partial charge in [-0.3, -0.25) is 9.59 Å². The summed E-state index contributed by atoms with van der Waals surface area (Å²) >= 11 is 0. The first-order valence-corrected chi connectivity index (χ1v) is 8.92. The Morgan fingerprint density at radius 2 is 1.74 bits per heavy atom. The van der Waals surface area contributed by atoms with Crippen molar-refractivity contribution in [1.29, 1.82) is 0 Å². The summed E-state index contributed by atoms with van der Waals surface area (Å²) in [5, 5.41) is 5.79. The molecule has 0 atom stereocenters. The molecule has 0 aliphatic carbocycles. The Labute approximate surface area is 156 Å². The second-order valence-corrected chi connectivity index (χ2v) is 6.74. The summed E-state index contributed by atoms with van der Waals surface area (Å²) in [5.74, 6) is -0.195. The van der Waals surface area contributed by atoms with E-state index in [1.165, 1.54) is 0 Å². The SMILES string of the molecule is O=C1Nc2cc(-c3ccccc3)ccc2/C1=C/c1[nH]cc2c1CCNC2=O. The van der Waals surface area contributed by atoms with Gasteiger partial charge in [-0.15, -0.1) is 0 Å². The number of rotatable bonds is 2. The topological polar surface area (TPSA) is 74.0 Å². The quantitative estimate of drug-likeness (QED) is 0.616. The number of fused-ring (bicyclic) bond motifs is 2. The molecular formula is C22H17N3O2. The molecule has 0 saturated heterocycles. The molecule has 1 aromatic heterocycles. The molecule has 2 aliphatic rings. The molecule has 0 saturated carbocycles. The number of aromatic amines is 1. The maximum atomic E-state index is 12.6. The van der Waals surface area contributed by atoms with Gasteiger partial charge in [-0.1, -0.05) is 42.5 Å². The monoisotopic (exact) mass is 355 g/mol. The van der Waals surface area contributed by atoms with Gasteiger partial charge in [0, 0.05) is 29.7 Å². The predicted octanol–water partition coefficient (Wildman–Crippen LogP) is 3.46. The van der Waals surface area contributed by atoms with Crippen molar-refractivity contribution in [1.82, 2.24) is 10.3 Å². The normalized spacial score (nSPS) is 16.7. The number of H-pyrrole nitrogens is 1. The van der Waals surface area contributed by atoms with Crippen LogP contribution in [0.15, 0.2) is 54.7 Å². The Morgan fingerprint density at radius 1 is 0.889 bits per heavy atom. The van der Waals surface area contributed by atoms with Crippen molar-refractivity contribution < 1.29 is 9.59 Å². The van der Waals surface area contributed by atoms with Crippen molar-refractivity contribution in [3.63, 3.8) is 0 Å².